The molecule has 1 spiro atoms. The number of aromatic nitrogens is 2. The highest BCUT2D eigenvalue weighted by molar-refractivity contribution is 6.08. The van der Waals surface area contributed by atoms with E-state index in [-0.39, 0.29) is 29.5 Å². The lowest BCUT2D eigenvalue weighted by molar-refractivity contribution is -0.129. The van der Waals surface area contributed by atoms with Gasteiger partial charge in [-0.15, -0.1) is 0 Å². The number of Topliss-reactive ketones (excluding diaryl/α,β-unsaturated/α-hetero) is 2. The first-order valence-corrected chi connectivity index (χ1v) is 13.5. The average molecular weight is 498 g/mol. The Hall–Kier alpha value is -2.52. The predicted octanol–water partition coefficient (Wildman–Crippen LogP) is 3.25. The Morgan fingerprint density at radius 3 is 2.78 bits per heavy atom. The number of likely N-dealkylation sites (N-methyl/N-ethyl adjacent to an activating group) is 1. The van der Waals surface area contributed by atoms with Crippen LogP contribution in [0.4, 0.5) is 5.82 Å². The van der Waals surface area contributed by atoms with Crippen LogP contribution in [-0.2, 0) is 9.53 Å². The minimum absolute atomic E-state index is 0.0687. The average Bonchev–Trinajstić information content (AvgIpc) is 3.53. The van der Waals surface area contributed by atoms with Crippen molar-refractivity contribution < 1.29 is 19.1 Å². The number of carbonyl (C=O) groups is 2. The van der Waals surface area contributed by atoms with Gasteiger partial charge in [0, 0.05) is 36.4 Å². The van der Waals surface area contributed by atoms with Crippen LogP contribution in [-0.4, -0.2) is 71.4 Å². The molecule has 2 aliphatic heterocycles. The summed E-state index contributed by atoms with van der Waals surface area (Å²) >= 11 is 0. The quantitative estimate of drug-likeness (QED) is 0.547. The normalized spacial score (nSPS) is 30.1. The zero-order valence-corrected chi connectivity index (χ0v) is 21.6. The highest BCUT2D eigenvalue weighted by Crippen LogP contribution is 2.47. The summed E-state index contributed by atoms with van der Waals surface area (Å²) < 4.78 is 11.8. The van der Waals surface area contributed by atoms with Gasteiger partial charge >= 0.3 is 0 Å². The molecular weight excluding hydrogens is 458 g/mol. The van der Waals surface area contributed by atoms with Crippen molar-refractivity contribution in [1.29, 1.82) is 0 Å². The number of ketones is 2. The molecule has 3 fully saturated rings. The molecule has 2 aliphatic carbocycles. The SMILES string of the molecule is C[C@H](Oc1cc(N[C@H]2CCOC2)nc(C(=O)C2=C(N)[C@]3(CCCCC3=O)CCC2)n1)[C@@H]1CCCN1C. The van der Waals surface area contributed by atoms with Crippen molar-refractivity contribution >= 4 is 17.4 Å². The largest absolute Gasteiger partial charge is 0.473 e. The van der Waals surface area contributed by atoms with Crippen LogP contribution >= 0.6 is 0 Å². The summed E-state index contributed by atoms with van der Waals surface area (Å²) in [7, 11) is 2.11. The third-order valence-corrected chi connectivity index (χ3v) is 8.55. The van der Waals surface area contributed by atoms with Gasteiger partial charge in [0.1, 0.15) is 17.7 Å². The van der Waals surface area contributed by atoms with Crippen molar-refractivity contribution in [2.24, 2.45) is 11.1 Å². The molecule has 0 unspecified atom stereocenters. The van der Waals surface area contributed by atoms with Crippen LogP contribution in [0.3, 0.4) is 0 Å². The monoisotopic (exact) mass is 497 g/mol. The highest BCUT2D eigenvalue weighted by atomic mass is 16.5. The second-order valence-electron chi connectivity index (χ2n) is 10.9. The van der Waals surface area contributed by atoms with E-state index in [0.717, 1.165) is 57.9 Å². The van der Waals surface area contributed by atoms with Crippen LogP contribution in [0.5, 0.6) is 5.88 Å². The van der Waals surface area contributed by atoms with Crippen molar-refractivity contribution in [2.75, 3.05) is 32.1 Å². The first-order valence-electron chi connectivity index (χ1n) is 13.5. The lowest BCUT2D eigenvalue weighted by atomic mass is 9.64. The molecular formula is C27H39N5O4. The second-order valence-corrected chi connectivity index (χ2v) is 10.9. The molecule has 5 rings (SSSR count). The lowest BCUT2D eigenvalue weighted by Gasteiger charge is -2.40. The van der Waals surface area contributed by atoms with E-state index in [2.05, 4.69) is 27.2 Å². The summed E-state index contributed by atoms with van der Waals surface area (Å²) in [4.78, 5) is 38.2. The van der Waals surface area contributed by atoms with Gasteiger partial charge in [0.25, 0.3) is 0 Å². The molecule has 1 aromatic heterocycles. The maximum Gasteiger partial charge on any atom is 0.228 e. The molecule has 0 aromatic carbocycles. The lowest BCUT2D eigenvalue weighted by Crippen LogP contribution is -2.42. The Balaban J connectivity index is 1.46. The van der Waals surface area contributed by atoms with Gasteiger partial charge in [-0.3, -0.25) is 14.5 Å². The molecule has 4 aliphatic rings. The number of nitrogens with two attached hydrogens (primary N) is 1. The summed E-state index contributed by atoms with van der Waals surface area (Å²) in [5.74, 6) is 0.864. The van der Waals surface area contributed by atoms with E-state index in [4.69, 9.17) is 15.2 Å². The Bertz CT molecular complexity index is 1040. The van der Waals surface area contributed by atoms with Gasteiger partial charge in [-0.2, -0.15) is 4.98 Å². The number of hydrogen-bond acceptors (Lipinski definition) is 9. The second kappa shape index (κ2) is 10.5. The fraction of sp³-hybridized carbons (Fsp3) is 0.704. The zero-order chi connectivity index (χ0) is 25.3. The van der Waals surface area contributed by atoms with Crippen molar-refractivity contribution in [3.05, 3.63) is 23.2 Å². The van der Waals surface area contributed by atoms with E-state index in [9.17, 15) is 9.59 Å². The number of rotatable bonds is 7. The minimum Gasteiger partial charge on any atom is -0.473 e. The number of anilines is 1. The molecule has 0 bridgehead atoms. The van der Waals surface area contributed by atoms with E-state index >= 15 is 0 Å². The Morgan fingerprint density at radius 1 is 1.22 bits per heavy atom. The van der Waals surface area contributed by atoms with Gasteiger partial charge < -0.3 is 20.5 Å². The third kappa shape index (κ3) is 4.87. The predicted molar refractivity (Wildman–Crippen MR) is 136 cm³/mol. The Kier molecular flexibility index (Phi) is 7.30. The molecule has 0 amide bonds. The molecule has 3 N–H and O–H groups in total. The van der Waals surface area contributed by atoms with E-state index in [0.29, 0.717) is 55.1 Å². The summed E-state index contributed by atoms with van der Waals surface area (Å²) in [5.41, 5.74) is 6.86. The number of nitrogens with zero attached hydrogens (tertiary/aromatic N) is 3. The highest BCUT2D eigenvalue weighted by Gasteiger charge is 2.46. The maximum atomic E-state index is 13.8. The van der Waals surface area contributed by atoms with Gasteiger partial charge in [0.15, 0.2) is 0 Å². The zero-order valence-electron chi connectivity index (χ0n) is 21.6. The number of nitrogens with one attached hydrogen (secondary N) is 1. The third-order valence-electron chi connectivity index (χ3n) is 8.55. The summed E-state index contributed by atoms with van der Waals surface area (Å²) in [5, 5.41) is 3.39. The van der Waals surface area contributed by atoms with Crippen LogP contribution in [0.15, 0.2) is 17.3 Å². The fourth-order valence-corrected chi connectivity index (χ4v) is 6.45. The van der Waals surface area contributed by atoms with Crippen LogP contribution in [0.1, 0.15) is 81.8 Å². The summed E-state index contributed by atoms with van der Waals surface area (Å²) in [6, 6.07) is 2.19. The molecule has 1 aromatic rings. The fourth-order valence-electron chi connectivity index (χ4n) is 6.45. The maximum absolute atomic E-state index is 13.8. The Labute approximate surface area is 213 Å². The standard InChI is InChI=1S/C27H39N5O4/c1-17(20-8-6-13-32(20)2)36-23-15-22(29-18-10-14-35-16-18)30-26(31-23)24(34)19-7-5-12-27(25(19)28)11-4-3-9-21(27)33/h15,17-18,20H,3-14,16,28H2,1-2H3,(H,29,30,31)/t17-,18-,20-,27+/m0/s1. The molecule has 9 nitrogen and oxygen atoms in total. The first kappa shape index (κ1) is 25.1. The van der Waals surface area contributed by atoms with E-state index in [1.165, 1.54) is 0 Å². The number of likely N-dealkylation sites (tertiary alicyclic amines) is 1. The van der Waals surface area contributed by atoms with E-state index in [1.54, 1.807) is 6.07 Å². The molecule has 36 heavy (non-hydrogen) atoms. The van der Waals surface area contributed by atoms with E-state index < -0.39 is 5.41 Å². The molecule has 9 heteroatoms. The summed E-state index contributed by atoms with van der Waals surface area (Å²) in [6.45, 7) is 4.39. The van der Waals surface area contributed by atoms with Crippen LogP contribution < -0.4 is 15.8 Å². The van der Waals surface area contributed by atoms with E-state index in [1.807, 2.05) is 6.92 Å². The van der Waals surface area contributed by atoms with Crippen molar-refractivity contribution in [3.8, 4) is 5.88 Å². The van der Waals surface area contributed by atoms with Gasteiger partial charge in [0.2, 0.25) is 17.5 Å². The number of ether oxygens (including phenoxy) is 2. The van der Waals surface area contributed by atoms with Crippen molar-refractivity contribution in [2.45, 2.75) is 89.3 Å². The van der Waals surface area contributed by atoms with Gasteiger partial charge in [-0.05, 0) is 71.9 Å². The molecule has 4 atom stereocenters. The number of allylic oxidation sites excluding steroid dienone is 2. The van der Waals surface area contributed by atoms with Crippen LogP contribution in [0.25, 0.3) is 0 Å². The number of carbonyl (C=O) groups excluding carboxylic acids is 2. The van der Waals surface area contributed by atoms with Gasteiger partial charge in [-0.25, -0.2) is 4.98 Å². The van der Waals surface area contributed by atoms with Gasteiger partial charge in [-0.1, -0.05) is 6.42 Å². The van der Waals surface area contributed by atoms with Crippen LogP contribution in [0.2, 0.25) is 0 Å². The Morgan fingerprint density at radius 2 is 2.06 bits per heavy atom. The summed E-state index contributed by atoms with van der Waals surface area (Å²) in [6.07, 6.45) is 8.13. The topological polar surface area (TPSA) is 120 Å². The number of hydrogen-bond donors (Lipinski definition) is 2. The van der Waals surface area contributed by atoms with Gasteiger partial charge in [0.05, 0.1) is 18.1 Å². The molecule has 2 saturated heterocycles. The minimum atomic E-state index is -0.695. The first-order chi connectivity index (χ1) is 17.4. The van der Waals surface area contributed by atoms with Crippen LogP contribution in [0, 0.1) is 5.41 Å². The van der Waals surface area contributed by atoms with Crippen molar-refractivity contribution in [1.82, 2.24) is 14.9 Å². The smallest absolute Gasteiger partial charge is 0.228 e. The van der Waals surface area contributed by atoms with Crippen molar-refractivity contribution in [3.63, 3.8) is 0 Å². The molecule has 1 saturated carbocycles. The molecule has 196 valence electrons. The molecule has 0 radical (unpaired) electrons. The molecule has 3 heterocycles.